The molecule has 1 aromatic carbocycles. The standard InChI is InChI=1S/C17H21BrN4O2/c1-21-17(23)16(18)15(11-20-21)19-10-13-4-2-3-5-14(13)12-22-6-8-24-9-7-22/h2-5,11,19H,6-10,12H2,1H3. The number of aromatic nitrogens is 2. The predicted molar refractivity (Wildman–Crippen MR) is 97.0 cm³/mol. The van der Waals surface area contributed by atoms with Crippen molar-refractivity contribution in [3.63, 3.8) is 0 Å². The maximum atomic E-state index is 11.9. The van der Waals surface area contributed by atoms with E-state index in [1.165, 1.54) is 15.8 Å². The summed E-state index contributed by atoms with van der Waals surface area (Å²) in [5.74, 6) is 0. The molecule has 1 aliphatic heterocycles. The van der Waals surface area contributed by atoms with E-state index in [2.05, 4.69) is 49.4 Å². The molecule has 0 atom stereocenters. The zero-order chi connectivity index (χ0) is 16.9. The van der Waals surface area contributed by atoms with Crippen molar-refractivity contribution in [3.8, 4) is 0 Å². The van der Waals surface area contributed by atoms with Crippen molar-refractivity contribution in [2.75, 3.05) is 31.6 Å². The highest BCUT2D eigenvalue weighted by Crippen LogP contribution is 2.19. The number of nitrogens with one attached hydrogen (secondary N) is 1. The summed E-state index contributed by atoms with van der Waals surface area (Å²) in [7, 11) is 1.63. The van der Waals surface area contributed by atoms with E-state index in [4.69, 9.17) is 4.74 Å². The zero-order valence-corrected chi connectivity index (χ0v) is 15.3. The second-order valence-electron chi connectivity index (χ2n) is 5.81. The van der Waals surface area contributed by atoms with Gasteiger partial charge in [0.15, 0.2) is 0 Å². The summed E-state index contributed by atoms with van der Waals surface area (Å²) in [6.45, 7) is 5.09. The molecule has 1 saturated heterocycles. The van der Waals surface area contributed by atoms with Crippen molar-refractivity contribution in [1.29, 1.82) is 0 Å². The molecule has 128 valence electrons. The minimum atomic E-state index is -0.151. The van der Waals surface area contributed by atoms with Gasteiger partial charge < -0.3 is 10.1 Å². The SMILES string of the molecule is Cn1ncc(NCc2ccccc2CN2CCOCC2)c(Br)c1=O. The lowest BCUT2D eigenvalue weighted by Crippen LogP contribution is -2.35. The molecule has 7 heteroatoms. The van der Waals surface area contributed by atoms with Crippen molar-refractivity contribution in [1.82, 2.24) is 14.7 Å². The number of halogens is 1. The molecule has 1 aliphatic rings. The lowest BCUT2D eigenvalue weighted by molar-refractivity contribution is 0.0341. The zero-order valence-electron chi connectivity index (χ0n) is 13.7. The Morgan fingerprint density at radius 2 is 1.96 bits per heavy atom. The van der Waals surface area contributed by atoms with E-state index in [9.17, 15) is 4.79 Å². The number of rotatable bonds is 5. The molecule has 1 N–H and O–H groups in total. The Morgan fingerprint density at radius 1 is 1.25 bits per heavy atom. The number of ether oxygens (including phenoxy) is 1. The summed E-state index contributed by atoms with van der Waals surface area (Å²) < 4.78 is 7.22. The van der Waals surface area contributed by atoms with Crippen LogP contribution in [0, 0.1) is 0 Å². The second kappa shape index (κ2) is 7.92. The average molecular weight is 393 g/mol. The maximum Gasteiger partial charge on any atom is 0.282 e. The molecule has 1 fully saturated rings. The number of nitrogens with zero attached hydrogens (tertiary/aromatic N) is 3. The molecule has 6 nitrogen and oxygen atoms in total. The lowest BCUT2D eigenvalue weighted by atomic mass is 10.1. The largest absolute Gasteiger partial charge is 0.379 e. The molecule has 0 amide bonds. The van der Waals surface area contributed by atoms with Gasteiger partial charge in [-0.1, -0.05) is 24.3 Å². The number of aryl methyl sites for hydroxylation is 1. The van der Waals surface area contributed by atoms with Crippen molar-refractivity contribution >= 4 is 21.6 Å². The van der Waals surface area contributed by atoms with Gasteiger partial charge in [0.25, 0.3) is 5.56 Å². The van der Waals surface area contributed by atoms with Crippen molar-refractivity contribution in [2.24, 2.45) is 7.05 Å². The van der Waals surface area contributed by atoms with Crippen LogP contribution in [0.15, 0.2) is 39.7 Å². The molecule has 0 spiro atoms. The van der Waals surface area contributed by atoms with Crippen LogP contribution in [0.3, 0.4) is 0 Å². The Kier molecular flexibility index (Phi) is 5.65. The average Bonchev–Trinajstić information content (AvgIpc) is 2.61. The lowest BCUT2D eigenvalue weighted by Gasteiger charge is -2.27. The van der Waals surface area contributed by atoms with E-state index < -0.39 is 0 Å². The number of morpholine rings is 1. The van der Waals surface area contributed by atoms with Gasteiger partial charge in [-0.25, -0.2) is 4.68 Å². The molecule has 0 saturated carbocycles. The summed E-state index contributed by atoms with van der Waals surface area (Å²) in [6.07, 6.45) is 1.66. The molecule has 2 heterocycles. The van der Waals surface area contributed by atoms with Gasteiger partial charge in [-0.15, -0.1) is 0 Å². The fourth-order valence-electron chi connectivity index (χ4n) is 2.71. The highest BCUT2D eigenvalue weighted by atomic mass is 79.9. The van der Waals surface area contributed by atoms with E-state index >= 15 is 0 Å². The molecule has 1 aromatic heterocycles. The number of anilines is 1. The Bertz CT molecular complexity index is 756. The highest BCUT2D eigenvalue weighted by Gasteiger charge is 2.13. The van der Waals surface area contributed by atoms with Gasteiger partial charge in [-0.2, -0.15) is 5.10 Å². The van der Waals surface area contributed by atoms with Crippen LogP contribution in [0.5, 0.6) is 0 Å². The summed E-state index contributed by atoms with van der Waals surface area (Å²) in [5, 5.41) is 7.37. The third-order valence-electron chi connectivity index (χ3n) is 4.16. The fourth-order valence-corrected chi connectivity index (χ4v) is 3.21. The molecule has 0 radical (unpaired) electrons. The third kappa shape index (κ3) is 4.03. The van der Waals surface area contributed by atoms with Crippen LogP contribution in [0.4, 0.5) is 5.69 Å². The molecule has 2 aromatic rings. The first-order chi connectivity index (χ1) is 11.6. The normalized spacial score (nSPS) is 15.4. The smallest absolute Gasteiger partial charge is 0.282 e. The molecule has 0 unspecified atom stereocenters. The summed E-state index contributed by atoms with van der Waals surface area (Å²) in [4.78, 5) is 14.3. The Morgan fingerprint density at radius 3 is 2.71 bits per heavy atom. The van der Waals surface area contributed by atoms with Crippen LogP contribution in [-0.2, 0) is 24.9 Å². The summed E-state index contributed by atoms with van der Waals surface area (Å²) in [6, 6.07) is 8.38. The molecule has 24 heavy (non-hydrogen) atoms. The van der Waals surface area contributed by atoms with Gasteiger partial charge in [-0.3, -0.25) is 9.69 Å². The van der Waals surface area contributed by atoms with E-state index in [1.807, 2.05) is 6.07 Å². The van der Waals surface area contributed by atoms with Crippen LogP contribution in [0.1, 0.15) is 11.1 Å². The van der Waals surface area contributed by atoms with Gasteiger partial charge >= 0.3 is 0 Å². The Labute approximate surface area is 149 Å². The minimum Gasteiger partial charge on any atom is -0.379 e. The predicted octanol–water partition coefficient (Wildman–Crippen LogP) is 1.99. The molecule has 3 rings (SSSR count). The number of hydrogen-bond donors (Lipinski definition) is 1. The monoisotopic (exact) mass is 392 g/mol. The second-order valence-corrected chi connectivity index (χ2v) is 6.60. The Balaban J connectivity index is 1.71. The Hall–Kier alpha value is -1.70. The van der Waals surface area contributed by atoms with Gasteiger partial charge in [-0.05, 0) is 27.1 Å². The molecule has 0 bridgehead atoms. The first kappa shape index (κ1) is 17.1. The van der Waals surface area contributed by atoms with Gasteiger partial charge in [0.1, 0.15) is 4.47 Å². The topological polar surface area (TPSA) is 59.4 Å². The van der Waals surface area contributed by atoms with Gasteiger partial charge in [0, 0.05) is 33.2 Å². The van der Waals surface area contributed by atoms with E-state index in [-0.39, 0.29) is 5.56 Å². The molecule has 0 aliphatic carbocycles. The highest BCUT2D eigenvalue weighted by molar-refractivity contribution is 9.10. The van der Waals surface area contributed by atoms with E-state index in [1.54, 1.807) is 13.2 Å². The number of hydrogen-bond acceptors (Lipinski definition) is 5. The van der Waals surface area contributed by atoms with Gasteiger partial charge in [0.2, 0.25) is 0 Å². The van der Waals surface area contributed by atoms with Crippen LogP contribution in [0.25, 0.3) is 0 Å². The van der Waals surface area contributed by atoms with E-state index in [0.717, 1.165) is 32.8 Å². The minimum absolute atomic E-state index is 0.151. The van der Waals surface area contributed by atoms with Crippen molar-refractivity contribution in [2.45, 2.75) is 13.1 Å². The van der Waals surface area contributed by atoms with Crippen LogP contribution >= 0.6 is 15.9 Å². The first-order valence-corrected chi connectivity index (χ1v) is 8.77. The van der Waals surface area contributed by atoms with Crippen LogP contribution in [-0.4, -0.2) is 41.0 Å². The fraction of sp³-hybridized carbons (Fsp3) is 0.412. The maximum absolute atomic E-state index is 11.9. The quantitative estimate of drug-likeness (QED) is 0.842. The van der Waals surface area contributed by atoms with Crippen LogP contribution < -0.4 is 10.9 Å². The van der Waals surface area contributed by atoms with Crippen molar-refractivity contribution < 1.29 is 4.74 Å². The van der Waals surface area contributed by atoms with Crippen LogP contribution in [0.2, 0.25) is 0 Å². The number of benzene rings is 1. The van der Waals surface area contributed by atoms with E-state index in [0.29, 0.717) is 16.7 Å². The van der Waals surface area contributed by atoms with Gasteiger partial charge in [0.05, 0.1) is 25.1 Å². The molecular formula is C17H21BrN4O2. The molecular weight excluding hydrogens is 372 g/mol. The third-order valence-corrected chi connectivity index (χ3v) is 4.93. The summed E-state index contributed by atoms with van der Waals surface area (Å²) in [5.41, 5.74) is 3.07. The van der Waals surface area contributed by atoms with Crippen molar-refractivity contribution in [3.05, 3.63) is 56.4 Å². The first-order valence-electron chi connectivity index (χ1n) is 7.97. The summed E-state index contributed by atoms with van der Waals surface area (Å²) >= 11 is 3.34.